The molecular formula is C14H23N3O4S. The number of hydrogen-bond acceptors (Lipinski definition) is 7. The maximum atomic E-state index is 10.8. The van der Waals surface area contributed by atoms with Crippen molar-refractivity contribution >= 4 is 16.1 Å². The number of ether oxygens (including phenoxy) is 1. The standard InChI is InChI=1S/C14H23N3O4S/c1-3-12-10-15-14(16-11-12)17-6-4-13(5-7-17)20-8-9-21-22(2,18)19/h10-11,13H,3-9H2,1-2H3. The summed E-state index contributed by atoms with van der Waals surface area (Å²) in [6.45, 7) is 4.11. The van der Waals surface area contributed by atoms with E-state index >= 15 is 0 Å². The molecule has 2 rings (SSSR count). The molecule has 1 fully saturated rings. The number of hydrogen-bond donors (Lipinski definition) is 0. The Labute approximate surface area is 131 Å². The van der Waals surface area contributed by atoms with E-state index in [-0.39, 0.29) is 12.7 Å². The van der Waals surface area contributed by atoms with Gasteiger partial charge in [-0.15, -0.1) is 0 Å². The van der Waals surface area contributed by atoms with E-state index < -0.39 is 10.1 Å². The average Bonchev–Trinajstić information content (AvgIpc) is 2.51. The summed E-state index contributed by atoms with van der Waals surface area (Å²) >= 11 is 0. The van der Waals surface area contributed by atoms with E-state index in [9.17, 15) is 8.42 Å². The van der Waals surface area contributed by atoms with Gasteiger partial charge in [0, 0.05) is 25.5 Å². The van der Waals surface area contributed by atoms with Crippen molar-refractivity contribution in [3.05, 3.63) is 18.0 Å². The van der Waals surface area contributed by atoms with Gasteiger partial charge in [0.05, 0.1) is 25.6 Å². The quantitative estimate of drug-likeness (QED) is 0.545. The molecule has 0 amide bonds. The van der Waals surface area contributed by atoms with Crippen LogP contribution in [0.4, 0.5) is 5.95 Å². The lowest BCUT2D eigenvalue weighted by atomic mass is 10.1. The summed E-state index contributed by atoms with van der Waals surface area (Å²) in [4.78, 5) is 10.9. The average molecular weight is 329 g/mol. The molecule has 2 heterocycles. The Morgan fingerprint density at radius 2 is 1.86 bits per heavy atom. The Morgan fingerprint density at radius 1 is 1.23 bits per heavy atom. The van der Waals surface area contributed by atoms with Crippen LogP contribution >= 0.6 is 0 Å². The predicted molar refractivity (Wildman–Crippen MR) is 83.4 cm³/mol. The maximum absolute atomic E-state index is 10.8. The first-order chi connectivity index (χ1) is 10.5. The van der Waals surface area contributed by atoms with Crippen LogP contribution < -0.4 is 4.90 Å². The van der Waals surface area contributed by atoms with Gasteiger partial charge >= 0.3 is 0 Å². The molecule has 1 aliphatic heterocycles. The van der Waals surface area contributed by atoms with Crippen molar-refractivity contribution in [2.24, 2.45) is 0 Å². The molecule has 0 unspecified atom stereocenters. The topological polar surface area (TPSA) is 81.6 Å². The predicted octanol–water partition coefficient (Wildman–Crippen LogP) is 1.00. The highest BCUT2D eigenvalue weighted by Gasteiger charge is 2.21. The van der Waals surface area contributed by atoms with E-state index in [1.807, 2.05) is 12.4 Å². The van der Waals surface area contributed by atoms with E-state index in [2.05, 4.69) is 26.0 Å². The fourth-order valence-electron chi connectivity index (χ4n) is 2.32. The highest BCUT2D eigenvalue weighted by Crippen LogP contribution is 2.18. The number of anilines is 1. The van der Waals surface area contributed by atoms with Gasteiger partial charge in [-0.25, -0.2) is 9.97 Å². The van der Waals surface area contributed by atoms with Crippen molar-refractivity contribution in [1.82, 2.24) is 9.97 Å². The molecule has 124 valence electrons. The lowest BCUT2D eigenvalue weighted by Crippen LogP contribution is -2.38. The van der Waals surface area contributed by atoms with Gasteiger partial charge in [0.25, 0.3) is 10.1 Å². The monoisotopic (exact) mass is 329 g/mol. The molecule has 1 aliphatic rings. The first kappa shape index (κ1) is 17.1. The molecule has 0 N–H and O–H groups in total. The highest BCUT2D eigenvalue weighted by atomic mass is 32.2. The highest BCUT2D eigenvalue weighted by molar-refractivity contribution is 7.85. The Morgan fingerprint density at radius 3 is 2.41 bits per heavy atom. The summed E-state index contributed by atoms with van der Waals surface area (Å²) in [5, 5.41) is 0. The van der Waals surface area contributed by atoms with Gasteiger partial charge in [-0.2, -0.15) is 8.42 Å². The molecule has 0 saturated carbocycles. The molecule has 22 heavy (non-hydrogen) atoms. The summed E-state index contributed by atoms with van der Waals surface area (Å²) in [6.07, 6.45) is 7.59. The second-order valence-electron chi connectivity index (χ2n) is 5.33. The van der Waals surface area contributed by atoms with E-state index in [0.29, 0.717) is 6.61 Å². The lowest BCUT2D eigenvalue weighted by molar-refractivity contribution is 0.0212. The van der Waals surface area contributed by atoms with E-state index in [1.165, 1.54) is 0 Å². The van der Waals surface area contributed by atoms with Crippen molar-refractivity contribution < 1.29 is 17.3 Å². The zero-order valence-electron chi connectivity index (χ0n) is 13.1. The van der Waals surface area contributed by atoms with Crippen LogP contribution in [-0.2, 0) is 25.5 Å². The first-order valence-corrected chi connectivity index (χ1v) is 9.31. The fraction of sp³-hybridized carbons (Fsp3) is 0.714. The SMILES string of the molecule is CCc1cnc(N2CCC(OCCOS(C)(=O)=O)CC2)nc1. The summed E-state index contributed by atoms with van der Waals surface area (Å²) in [7, 11) is -3.38. The zero-order valence-corrected chi connectivity index (χ0v) is 13.9. The third kappa shape index (κ3) is 5.51. The molecule has 0 aliphatic carbocycles. The minimum Gasteiger partial charge on any atom is -0.376 e. The van der Waals surface area contributed by atoms with E-state index in [4.69, 9.17) is 4.74 Å². The van der Waals surface area contributed by atoms with Crippen molar-refractivity contribution in [3.8, 4) is 0 Å². The van der Waals surface area contributed by atoms with Crippen molar-refractivity contribution in [2.75, 3.05) is 37.5 Å². The van der Waals surface area contributed by atoms with Crippen LogP contribution in [0.3, 0.4) is 0 Å². The molecule has 1 saturated heterocycles. The molecule has 7 nitrogen and oxygen atoms in total. The molecule has 0 radical (unpaired) electrons. The third-order valence-electron chi connectivity index (χ3n) is 3.56. The number of aromatic nitrogens is 2. The molecule has 1 aromatic heterocycles. The third-order valence-corrected chi connectivity index (χ3v) is 4.15. The van der Waals surface area contributed by atoms with Crippen molar-refractivity contribution in [2.45, 2.75) is 32.3 Å². The number of nitrogens with zero attached hydrogens (tertiary/aromatic N) is 3. The van der Waals surface area contributed by atoms with Crippen LogP contribution in [0.1, 0.15) is 25.3 Å². The second kappa shape index (κ2) is 7.85. The normalized spacial score (nSPS) is 16.9. The number of piperidine rings is 1. The van der Waals surface area contributed by atoms with Crippen molar-refractivity contribution in [1.29, 1.82) is 0 Å². The molecule has 0 aromatic carbocycles. The van der Waals surface area contributed by atoms with Crippen molar-refractivity contribution in [3.63, 3.8) is 0 Å². The summed E-state index contributed by atoms with van der Waals surface area (Å²) in [5.41, 5.74) is 1.13. The van der Waals surface area contributed by atoms with Gasteiger partial charge in [0.15, 0.2) is 0 Å². The van der Waals surface area contributed by atoms with Crippen LogP contribution in [0.25, 0.3) is 0 Å². The Bertz CT molecular complexity index is 554. The number of rotatable bonds is 7. The Balaban J connectivity index is 1.71. The van der Waals surface area contributed by atoms with Gasteiger partial charge in [-0.1, -0.05) is 6.92 Å². The summed E-state index contributed by atoms with van der Waals surface area (Å²) in [6, 6.07) is 0. The van der Waals surface area contributed by atoms with Gasteiger partial charge in [-0.05, 0) is 24.8 Å². The maximum Gasteiger partial charge on any atom is 0.264 e. The van der Waals surface area contributed by atoms with Crippen LogP contribution in [0.2, 0.25) is 0 Å². The molecular weight excluding hydrogens is 306 g/mol. The minimum absolute atomic E-state index is 0.0701. The summed E-state index contributed by atoms with van der Waals surface area (Å²) < 4.78 is 32.0. The molecule has 0 spiro atoms. The zero-order chi connectivity index (χ0) is 16.0. The molecule has 0 bridgehead atoms. The van der Waals surface area contributed by atoms with Crippen LogP contribution in [0.5, 0.6) is 0 Å². The minimum atomic E-state index is -3.38. The lowest BCUT2D eigenvalue weighted by Gasteiger charge is -2.31. The largest absolute Gasteiger partial charge is 0.376 e. The smallest absolute Gasteiger partial charge is 0.264 e. The number of aryl methyl sites for hydroxylation is 1. The van der Waals surface area contributed by atoms with Gasteiger partial charge in [0.2, 0.25) is 5.95 Å². The fourth-order valence-corrected chi connectivity index (χ4v) is 2.69. The van der Waals surface area contributed by atoms with E-state index in [0.717, 1.165) is 50.1 Å². The van der Waals surface area contributed by atoms with E-state index in [1.54, 1.807) is 0 Å². The molecule has 0 atom stereocenters. The summed E-state index contributed by atoms with van der Waals surface area (Å²) in [5.74, 6) is 0.760. The van der Waals surface area contributed by atoms with Gasteiger partial charge < -0.3 is 9.64 Å². The molecule has 1 aromatic rings. The van der Waals surface area contributed by atoms with Crippen LogP contribution in [0.15, 0.2) is 12.4 Å². The molecule has 8 heteroatoms. The Hall–Kier alpha value is -1.25. The van der Waals surface area contributed by atoms with Gasteiger partial charge in [0.1, 0.15) is 0 Å². The van der Waals surface area contributed by atoms with Crippen LogP contribution in [0, 0.1) is 0 Å². The first-order valence-electron chi connectivity index (χ1n) is 7.50. The Kier molecular flexibility index (Phi) is 6.10. The second-order valence-corrected chi connectivity index (χ2v) is 6.97. The van der Waals surface area contributed by atoms with Crippen LogP contribution in [-0.4, -0.2) is 57.0 Å². The van der Waals surface area contributed by atoms with Gasteiger partial charge in [-0.3, -0.25) is 4.18 Å².